The van der Waals surface area contributed by atoms with Gasteiger partial charge in [0.15, 0.2) is 5.75 Å². The summed E-state index contributed by atoms with van der Waals surface area (Å²) in [6, 6.07) is 9.15. The molecular formula is C15H9ClF3N3O3S. The Morgan fingerprint density at radius 3 is 2.50 bits per heavy atom. The van der Waals surface area contributed by atoms with E-state index in [4.69, 9.17) is 17.3 Å². The number of aromatic nitrogens is 2. The van der Waals surface area contributed by atoms with Crippen LogP contribution < -0.4 is 9.92 Å². The first-order valence-electron chi connectivity index (χ1n) is 6.90. The fourth-order valence-corrected chi connectivity index (χ4v) is 2.91. The first-order valence-corrected chi connectivity index (χ1v) is 8.69. The normalized spacial score (nSPS) is 12.3. The van der Waals surface area contributed by atoms with E-state index >= 15 is 0 Å². The van der Waals surface area contributed by atoms with Crippen molar-refractivity contribution >= 4 is 38.6 Å². The summed E-state index contributed by atoms with van der Waals surface area (Å²) >= 11 is 6.10. The molecule has 0 aliphatic heterocycles. The van der Waals surface area contributed by atoms with Gasteiger partial charge in [0.05, 0.1) is 0 Å². The SMILES string of the molecule is Nc1ncc2cc(-c3ccccc3Cl)cc(OS(=O)(=O)C(F)(F)F)c2n1. The molecule has 0 fully saturated rings. The Morgan fingerprint density at radius 2 is 1.85 bits per heavy atom. The zero-order valence-corrected chi connectivity index (χ0v) is 14.2. The van der Waals surface area contributed by atoms with Crippen LogP contribution in [0.3, 0.4) is 0 Å². The minimum absolute atomic E-state index is 0.180. The Bertz CT molecular complexity index is 1100. The van der Waals surface area contributed by atoms with Crippen LogP contribution in [0.1, 0.15) is 0 Å². The standard InChI is InChI=1S/C15H9ClF3N3O3S/c16-11-4-2-1-3-10(11)8-5-9-7-21-14(20)22-13(9)12(6-8)25-26(23,24)15(17,18)19/h1-7H,(H2,20,21,22). The molecule has 26 heavy (non-hydrogen) atoms. The maximum atomic E-state index is 12.7. The minimum Gasteiger partial charge on any atom is -0.374 e. The lowest BCUT2D eigenvalue weighted by Crippen LogP contribution is -2.28. The summed E-state index contributed by atoms with van der Waals surface area (Å²) in [5.41, 5.74) is 0.450. The summed E-state index contributed by atoms with van der Waals surface area (Å²) in [6.45, 7) is 0. The van der Waals surface area contributed by atoms with E-state index in [9.17, 15) is 21.6 Å². The van der Waals surface area contributed by atoms with Crippen molar-refractivity contribution in [1.82, 2.24) is 9.97 Å². The highest BCUT2D eigenvalue weighted by Gasteiger charge is 2.48. The lowest BCUT2D eigenvalue weighted by atomic mass is 10.0. The van der Waals surface area contributed by atoms with Gasteiger partial charge in [-0.05, 0) is 23.8 Å². The molecule has 0 amide bonds. The van der Waals surface area contributed by atoms with Crippen LogP contribution in [0.15, 0.2) is 42.6 Å². The van der Waals surface area contributed by atoms with Crippen molar-refractivity contribution < 1.29 is 25.8 Å². The Hall–Kier alpha value is -2.59. The number of alkyl halides is 3. The second-order valence-electron chi connectivity index (χ2n) is 5.10. The molecule has 0 spiro atoms. The molecule has 0 bridgehead atoms. The summed E-state index contributed by atoms with van der Waals surface area (Å²) in [5, 5.41) is 0.539. The predicted octanol–water partition coefficient (Wildman–Crippen LogP) is 3.76. The molecule has 0 atom stereocenters. The van der Waals surface area contributed by atoms with Crippen LogP contribution in [0, 0.1) is 0 Å². The third-order valence-electron chi connectivity index (χ3n) is 3.33. The molecule has 3 rings (SSSR count). The van der Waals surface area contributed by atoms with E-state index in [1.807, 2.05) is 0 Å². The second-order valence-corrected chi connectivity index (χ2v) is 7.05. The highest BCUT2D eigenvalue weighted by molar-refractivity contribution is 7.88. The van der Waals surface area contributed by atoms with Crippen molar-refractivity contribution in [2.75, 3.05) is 5.73 Å². The van der Waals surface area contributed by atoms with Gasteiger partial charge < -0.3 is 9.92 Å². The number of fused-ring (bicyclic) bond motifs is 1. The molecule has 2 aromatic carbocycles. The monoisotopic (exact) mass is 403 g/mol. The molecule has 0 aliphatic carbocycles. The first kappa shape index (κ1) is 18.2. The van der Waals surface area contributed by atoms with Crippen LogP contribution in [0.2, 0.25) is 5.02 Å². The fourth-order valence-electron chi connectivity index (χ4n) is 2.21. The number of hydrogen-bond donors (Lipinski definition) is 1. The van der Waals surface area contributed by atoms with E-state index in [0.717, 1.165) is 6.07 Å². The van der Waals surface area contributed by atoms with Crippen LogP contribution in [0.5, 0.6) is 5.75 Å². The summed E-state index contributed by atoms with van der Waals surface area (Å²) in [6.07, 6.45) is 1.24. The zero-order chi connectivity index (χ0) is 19.1. The van der Waals surface area contributed by atoms with Crippen LogP contribution in [-0.4, -0.2) is 23.9 Å². The molecule has 0 unspecified atom stereocenters. The van der Waals surface area contributed by atoms with Crippen LogP contribution in [0.4, 0.5) is 19.1 Å². The van der Waals surface area contributed by atoms with E-state index in [-0.39, 0.29) is 16.9 Å². The van der Waals surface area contributed by atoms with E-state index in [0.29, 0.717) is 16.1 Å². The summed E-state index contributed by atoms with van der Waals surface area (Å²) in [4.78, 5) is 7.53. The molecule has 1 heterocycles. The van der Waals surface area contributed by atoms with Gasteiger partial charge in [-0.3, -0.25) is 0 Å². The number of nitrogens with zero attached hydrogens (tertiary/aromatic N) is 2. The van der Waals surface area contributed by atoms with Crippen LogP contribution in [0.25, 0.3) is 22.0 Å². The first-order chi connectivity index (χ1) is 12.1. The van der Waals surface area contributed by atoms with E-state index in [2.05, 4.69) is 14.2 Å². The third kappa shape index (κ3) is 3.37. The average Bonchev–Trinajstić information content (AvgIpc) is 2.54. The number of hydrogen-bond acceptors (Lipinski definition) is 6. The molecule has 0 aliphatic rings. The van der Waals surface area contributed by atoms with E-state index in [1.54, 1.807) is 24.3 Å². The van der Waals surface area contributed by atoms with Crippen molar-refractivity contribution in [3.63, 3.8) is 0 Å². The van der Waals surface area contributed by atoms with Crippen molar-refractivity contribution in [1.29, 1.82) is 0 Å². The summed E-state index contributed by atoms with van der Waals surface area (Å²) in [5.74, 6) is -0.888. The number of rotatable bonds is 3. The molecule has 6 nitrogen and oxygen atoms in total. The molecule has 1 aromatic heterocycles. The highest BCUT2D eigenvalue weighted by atomic mass is 35.5. The molecule has 2 N–H and O–H groups in total. The van der Waals surface area contributed by atoms with Gasteiger partial charge in [-0.15, -0.1) is 0 Å². The van der Waals surface area contributed by atoms with Gasteiger partial charge in [-0.2, -0.15) is 21.6 Å². The largest absolute Gasteiger partial charge is 0.534 e. The quantitative estimate of drug-likeness (QED) is 0.528. The van der Waals surface area contributed by atoms with E-state index in [1.165, 1.54) is 12.3 Å². The number of anilines is 1. The van der Waals surface area contributed by atoms with Gasteiger partial charge in [0, 0.05) is 22.2 Å². The fraction of sp³-hybridized carbons (Fsp3) is 0.0667. The Morgan fingerprint density at radius 1 is 1.15 bits per heavy atom. The average molecular weight is 404 g/mol. The molecular weight excluding hydrogens is 395 g/mol. The van der Waals surface area contributed by atoms with Crippen LogP contribution in [-0.2, 0) is 10.1 Å². The number of halogens is 4. The Labute approximate surface area is 150 Å². The molecule has 3 aromatic rings. The third-order valence-corrected chi connectivity index (χ3v) is 4.63. The smallest absolute Gasteiger partial charge is 0.374 e. The van der Waals surface area contributed by atoms with Gasteiger partial charge in [0.1, 0.15) is 5.52 Å². The van der Waals surface area contributed by atoms with Crippen molar-refractivity contribution in [2.24, 2.45) is 0 Å². The Kier molecular flexibility index (Phi) is 4.41. The molecule has 0 saturated carbocycles. The number of benzene rings is 2. The lowest BCUT2D eigenvalue weighted by molar-refractivity contribution is -0.0499. The van der Waals surface area contributed by atoms with Gasteiger partial charge >= 0.3 is 15.6 Å². The number of nitrogen functional groups attached to an aromatic ring is 1. The zero-order valence-electron chi connectivity index (χ0n) is 12.7. The Balaban J connectivity index is 2.26. The lowest BCUT2D eigenvalue weighted by Gasteiger charge is -2.13. The van der Waals surface area contributed by atoms with Crippen molar-refractivity contribution in [3.05, 3.63) is 47.6 Å². The summed E-state index contributed by atoms with van der Waals surface area (Å²) in [7, 11) is -5.90. The van der Waals surface area contributed by atoms with Gasteiger partial charge in [-0.25, -0.2) is 9.97 Å². The topological polar surface area (TPSA) is 95.2 Å². The molecule has 136 valence electrons. The van der Waals surface area contributed by atoms with E-state index < -0.39 is 21.4 Å². The van der Waals surface area contributed by atoms with Crippen molar-refractivity contribution in [3.8, 4) is 16.9 Å². The molecule has 0 radical (unpaired) electrons. The maximum Gasteiger partial charge on any atom is 0.534 e. The van der Waals surface area contributed by atoms with Crippen LogP contribution >= 0.6 is 11.6 Å². The predicted molar refractivity (Wildman–Crippen MR) is 90.0 cm³/mol. The van der Waals surface area contributed by atoms with Gasteiger partial charge in [-0.1, -0.05) is 29.8 Å². The van der Waals surface area contributed by atoms with Gasteiger partial charge in [0.25, 0.3) is 0 Å². The van der Waals surface area contributed by atoms with Gasteiger partial charge in [0.2, 0.25) is 5.95 Å². The number of nitrogens with two attached hydrogens (primary N) is 1. The van der Waals surface area contributed by atoms with Crippen molar-refractivity contribution in [2.45, 2.75) is 5.51 Å². The second kappa shape index (κ2) is 6.29. The minimum atomic E-state index is -5.90. The molecule has 0 saturated heterocycles. The molecule has 11 heteroatoms. The maximum absolute atomic E-state index is 12.7. The highest BCUT2D eigenvalue weighted by Crippen LogP contribution is 2.37. The summed E-state index contributed by atoms with van der Waals surface area (Å²) < 4.78 is 65.2.